The molecule has 1 aromatic heterocycles. The molecule has 0 amide bonds. The third-order valence-corrected chi connectivity index (χ3v) is 1.44. The molecular weight excluding hydrogens is 170 g/mol. The fourth-order valence-corrected chi connectivity index (χ4v) is 0.862. The van der Waals surface area contributed by atoms with Crippen molar-refractivity contribution in [2.75, 3.05) is 0 Å². The second-order valence-electron chi connectivity index (χ2n) is 2.97. The molecule has 4 heteroatoms. The standard InChI is InChI=1S/C9H13NO3/c1-4-7(11)8-5-9(10-13-8)12-6(2)3/h5-6H,4H2,1-3H3. The lowest BCUT2D eigenvalue weighted by Gasteiger charge is -2.02. The number of hydrogen-bond acceptors (Lipinski definition) is 4. The highest BCUT2D eigenvalue weighted by Crippen LogP contribution is 2.14. The lowest BCUT2D eigenvalue weighted by atomic mass is 10.2. The van der Waals surface area contributed by atoms with Crippen LogP contribution in [-0.4, -0.2) is 17.0 Å². The van der Waals surface area contributed by atoms with Gasteiger partial charge in [0.1, 0.15) is 0 Å². The normalized spacial score (nSPS) is 10.5. The molecule has 0 unspecified atom stereocenters. The van der Waals surface area contributed by atoms with Crippen molar-refractivity contribution in [1.29, 1.82) is 0 Å². The molecule has 0 atom stereocenters. The Morgan fingerprint density at radius 2 is 2.38 bits per heavy atom. The number of carbonyl (C=O) groups excluding carboxylic acids is 1. The molecule has 13 heavy (non-hydrogen) atoms. The zero-order valence-corrected chi connectivity index (χ0v) is 8.03. The summed E-state index contributed by atoms with van der Waals surface area (Å²) in [6.07, 6.45) is 0.450. The van der Waals surface area contributed by atoms with E-state index in [1.165, 1.54) is 6.07 Å². The summed E-state index contributed by atoms with van der Waals surface area (Å²) in [4.78, 5) is 11.1. The van der Waals surface area contributed by atoms with Crippen LogP contribution in [0.3, 0.4) is 0 Å². The van der Waals surface area contributed by atoms with Crippen LogP contribution in [0.5, 0.6) is 5.88 Å². The zero-order chi connectivity index (χ0) is 9.84. The predicted molar refractivity (Wildman–Crippen MR) is 46.9 cm³/mol. The molecule has 1 aromatic rings. The van der Waals surface area contributed by atoms with Gasteiger partial charge in [0.25, 0.3) is 5.88 Å². The van der Waals surface area contributed by atoms with Gasteiger partial charge >= 0.3 is 0 Å². The van der Waals surface area contributed by atoms with Crippen LogP contribution in [0.4, 0.5) is 0 Å². The third-order valence-electron chi connectivity index (χ3n) is 1.44. The van der Waals surface area contributed by atoms with Crippen LogP contribution >= 0.6 is 0 Å². The molecular formula is C9H13NO3. The van der Waals surface area contributed by atoms with Gasteiger partial charge in [0, 0.05) is 6.42 Å². The molecule has 0 saturated heterocycles. The summed E-state index contributed by atoms with van der Waals surface area (Å²) >= 11 is 0. The molecule has 0 aliphatic rings. The van der Waals surface area contributed by atoms with Crippen molar-refractivity contribution < 1.29 is 14.1 Å². The quantitative estimate of drug-likeness (QED) is 0.670. The fourth-order valence-electron chi connectivity index (χ4n) is 0.862. The summed E-state index contributed by atoms with van der Waals surface area (Å²) < 4.78 is 10.0. The van der Waals surface area contributed by atoms with Gasteiger partial charge < -0.3 is 9.26 Å². The Labute approximate surface area is 76.9 Å². The first-order valence-corrected chi connectivity index (χ1v) is 4.30. The molecule has 4 nitrogen and oxygen atoms in total. The maximum Gasteiger partial charge on any atom is 0.255 e. The SMILES string of the molecule is CCC(=O)c1cc(OC(C)C)no1. The number of ketones is 1. The van der Waals surface area contributed by atoms with E-state index in [9.17, 15) is 4.79 Å². The number of rotatable bonds is 4. The van der Waals surface area contributed by atoms with E-state index in [4.69, 9.17) is 9.26 Å². The van der Waals surface area contributed by atoms with Crippen molar-refractivity contribution >= 4 is 5.78 Å². The van der Waals surface area contributed by atoms with Crippen molar-refractivity contribution in [3.05, 3.63) is 11.8 Å². The van der Waals surface area contributed by atoms with Crippen LogP contribution in [0.25, 0.3) is 0 Å². The lowest BCUT2D eigenvalue weighted by molar-refractivity contribution is 0.0952. The Kier molecular flexibility index (Phi) is 3.06. The van der Waals surface area contributed by atoms with E-state index >= 15 is 0 Å². The van der Waals surface area contributed by atoms with Crippen LogP contribution in [0.15, 0.2) is 10.6 Å². The van der Waals surface area contributed by atoms with Gasteiger partial charge in [0.15, 0.2) is 0 Å². The Bertz CT molecular complexity index is 291. The maximum absolute atomic E-state index is 11.1. The van der Waals surface area contributed by atoms with Gasteiger partial charge in [-0.05, 0) is 19.0 Å². The second kappa shape index (κ2) is 4.07. The van der Waals surface area contributed by atoms with Gasteiger partial charge in [-0.2, -0.15) is 0 Å². The Balaban J connectivity index is 2.69. The Morgan fingerprint density at radius 3 is 2.92 bits per heavy atom. The van der Waals surface area contributed by atoms with E-state index in [0.717, 1.165) is 0 Å². The summed E-state index contributed by atoms with van der Waals surface area (Å²) in [6.45, 7) is 5.54. The molecule has 0 fully saturated rings. The van der Waals surface area contributed by atoms with Crippen molar-refractivity contribution in [3.8, 4) is 5.88 Å². The summed E-state index contributed by atoms with van der Waals surface area (Å²) in [6, 6.07) is 1.52. The highest BCUT2D eigenvalue weighted by atomic mass is 16.5. The minimum absolute atomic E-state index is 0.0367. The summed E-state index contributed by atoms with van der Waals surface area (Å²) in [5, 5.41) is 3.61. The molecule has 0 bridgehead atoms. The lowest BCUT2D eigenvalue weighted by Crippen LogP contribution is -2.05. The number of Topliss-reactive ketones (excluding diaryl/α,β-unsaturated/α-hetero) is 1. The minimum atomic E-state index is -0.0638. The maximum atomic E-state index is 11.1. The molecule has 0 radical (unpaired) electrons. The summed E-state index contributed by atoms with van der Waals surface area (Å²) in [5.41, 5.74) is 0. The Hall–Kier alpha value is -1.32. The molecule has 0 aliphatic carbocycles. The van der Waals surface area contributed by atoms with E-state index in [1.54, 1.807) is 6.92 Å². The molecule has 0 aliphatic heterocycles. The highest BCUT2D eigenvalue weighted by molar-refractivity contribution is 5.93. The van der Waals surface area contributed by atoms with Crippen LogP contribution in [-0.2, 0) is 0 Å². The van der Waals surface area contributed by atoms with Crippen LogP contribution in [0.2, 0.25) is 0 Å². The van der Waals surface area contributed by atoms with Crippen molar-refractivity contribution in [1.82, 2.24) is 5.16 Å². The summed E-state index contributed by atoms with van der Waals surface area (Å²) in [5.74, 6) is 0.566. The summed E-state index contributed by atoms with van der Waals surface area (Å²) in [7, 11) is 0. The van der Waals surface area contributed by atoms with Crippen LogP contribution < -0.4 is 4.74 Å². The van der Waals surface area contributed by atoms with E-state index in [2.05, 4.69) is 5.16 Å². The van der Waals surface area contributed by atoms with Gasteiger partial charge in [0.2, 0.25) is 11.5 Å². The first kappa shape index (κ1) is 9.77. The van der Waals surface area contributed by atoms with Crippen molar-refractivity contribution in [2.24, 2.45) is 0 Å². The average molecular weight is 183 g/mol. The predicted octanol–water partition coefficient (Wildman–Crippen LogP) is 2.05. The van der Waals surface area contributed by atoms with Gasteiger partial charge in [-0.1, -0.05) is 6.92 Å². The molecule has 0 aromatic carbocycles. The molecule has 0 spiro atoms. The largest absolute Gasteiger partial charge is 0.473 e. The fraction of sp³-hybridized carbons (Fsp3) is 0.556. The van der Waals surface area contributed by atoms with Crippen LogP contribution in [0.1, 0.15) is 37.7 Å². The number of carbonyl (C=O) groups is 1. The second-order valence-corrected chi connectivity index (χ2v) is 2.97. The first-order chi connectivity index (χ1) is 6.13. The number of aromatic nitrogens is 1. The van der Waals surface area contributed by atoms with E-state index in [-0.39, 0.29) is 17.6 Å². The van der Waals surface area contributed by atoms with Gasteiger partial charge in [0.05, 0.1) is 12.2 Å². The van der Waals surface area contributed by atoms with Crippen molar-refractivity contribution in [2.45, 2.75) is 33.3 Å². The first-order valence-electron chi connectivity index (χ1n) is 4.30. The highest BCUT2D eigenvalue weighted by Gasteiger charge is 2.11. The monoisotopic (exact) mass is 183 g/mol. The topological polar surface area (TPSA) is 52.3 Å². The van der Waals surface area contributed by atoms with Crippen LogP contribution in [0, 0.1) is 0 Å². The van der Waals surface area contributed by atoms with Crippen molar-refractivity contribution in [3.63, 3.8) is 0 Å². The average Bonchev–Trinajstić information content (AvgIpc) is 2.50. The smallest absolute Gasteiger partial charge is 0.255 e. The molecule has 1 heterocycles. The molecule has 0 N–H and O–H groups in total. The van der Waals surface area contributed by atoms with E-state index in [1.807, 2.05) is 13.8 Å². The van der Waals surface area contributed by atoms with Gasteiger partial charge in [-0.15, -0.1) is 0 Å². The van der Waals surface area contributed by atoms with E-state index in [0.29, 0.717) is 12.3 Å². The molecule has 1 rings (SSSR count). The number of ether oxygens (including phenoxy) is 1. The van der Waals surface area contributed by atoms with E-state index < -0.39 is 0 Å². The van der Waals surface area contributed by atoms with Gasteiger partial charge in [-0.25, -0.2) is 0 Å². The minimum Gasteiger partial charge on any atom is -0.473 e. The Morgan fingerprint density at radius 1 is 1.69 bits per heavy atom. The number of nitrogens with zero attached hydrogens (tertiary/aromatic N) is 1. The zero-order valence-electron chi connectivity index (χ0n) is 8.03. The van der Waals surface area contributed by atoms with Gasteiger partial charge in [-0.3, -0.25) is 4.79 Å². The third kappa shape index (κ3) is 2.57. The molecule has 0 saturated carbocycles. The number of hydrogen-bond donors (Lipinski definition) is 0. The molecule has 72 valence electrons.